The van der Waals surface area contributed by atoms with E-state index in [0.717, 1.165) is 19.5 Å². The van der Waals surface area contributed by atoms with Gasteiger partial charge in [0.25, 0.3) is 0 Å². The number of fused-ring (bicyclic) bond motifs is 1. The molecule has 0 bridgehead atoms. The predicted molar refractivity (Wildman–Crippen MR) is 89.0 cm³/mol. The van der Waals surface area contributed by atoms with Crippen molar-refractivity contribution >= 4 is 30.7 Å². The molecule has 3 N–H and O–H groups in total. The van der Waals surface area contributed by atoms with E-state index in [1.54, 1.807) is 0 Å². The highest BCUT2D eigenvalue weighted by atomic mass is 35.5. The molecule has 0 spiro atoms. The third kappa shape index (κ3) is 3.51. The van der Waals surface area contributed by atoms with Gasteiger partial charge >= 0.3 is 0 Å². The van der Waals surface area contributed by atoms with E-state index in [1.165, 1.54) is 11.1 Å². The van der Waals surface area contributed by atoms with E-state index in [2.05, 4.69) is 23.5 Å². The van der Waals surface area contributed by atoms with Crippen molar-refractivity contribution in [1.29, 1.82) is 0 Å². The Bertz CT molecular complexity index is 498. The van der Waals surface area contributed by atoms with Crippen molar-refractivity contribution in [2.24, 2.45) is 5.73 Å². The standard InChI is InChI=1S/C15H21N3O.2ClH/c1-2-18-9-10(7-15(18)19)17-14-8-13(16)11-5-3-4-6-12(11)14;;/h3-6,10,13-14,17H,2,7-9,16H2,1H3;2*1H. The normalized spacial score (nSPS) is 27.0. The fourth-order valence-corrected chi connectivity index (χ4v) is 3.31. The van der Waals surface area contributed by atoms with E-state index in [9.17, 15) is 4.79 Å². The highest BCUT2D eigenvalue weighted by Crippen LogP contribution is 2.37. The highest BCUT2D eigenvalue weighted by molar-refractivity contribution is 5.85. The Kier molecular flexibility index (Phi) is 6.47. The second-order valence-corrected chi connectivity index (χ2v) is 5.52. The Balaban J connectivity index is 0.00000110. The van der Waals surface area contributed by atoms with Crippen LogP contribution in [0.5, 0.6) is 0 Å². The maximum atomic E-state index is 11.8. The van der Waals surface area contributed by atoms with Crippen LogP contribution in [0.4, 0.5) is 0 Å². The molecule has 21 heavy (non-hydrogen) atoms. The molecular formula is C15H23Cl2N3O. The van der Waals surface area contributed by atoms with Gasteiger partial charge in [0.1, 0.15) is 0 Å². The van der Waals surface area contributed by atoms with Gasteiger partial charge in [-0.15, -0.1) is 24.8 Å². The van der Waals surface area contributed by atoms with Crippen LogP contribution in [0.2, 0.25) is 0 Å². The molecule has 1 amide bonds. The first-order chi connectivity index (χ1) is 9.19. The lowest BCUT2D eigenvalue weighted by Crippen LogP contribution is -2.35. The lowest BCUT2D eigenvalue weighted by atomic mass is 10.1. The lowest BCUT2D eigenvalue weighted by molar-refractivity contribution is -0.127. The van der Waals surface area contributed by atoms with Crippen LogP contribution >= 0.6 is 24.8 Å². The Morgan fingerprint density at radius 1 is 1.29 bits per heavy atom. The van der Waals surface area contributed by atoms with Crippen LogP contribution in [0.15, 0.2) is 24.3 Å². The molecule has 2 aliphatic rings. The van der Waals surface area contributed by atoms with Gasteiger partial charge in [-0.25, -0.2) is 0 Å². The lowest BCUT2D eigenvalue weighted by Gasteiger charge is -2.20. The molecule has 1 aliphatic heterocycles. The average Bonchev–Trinajstić information content (AvgIpc) is 2.92. The minimum absolute atomic E-state index is 0. The topological polar surface area (TPSA) is 58.4 Å². The first-order valence-corrected chi connectivity index (χ1v) is 7.07. The van der Waals surface area contributed by atoms with E-state index >= 15 is 0 Å². The molecule has 3 unspecified atom stereocenters. The number of likely N-dealkylation sites (N-methyl/N-ethyl adjacent to an activating group) is 1. The molecule has 1 aromatic carbocycles. The molecule has 1 aromatic rings. The average molecular weight is 332 g/mol. The maximum absolute atomic E-state index is 11.8. The number of halogens is 2. The van der Waals surface area contributed by atoms with Gasteiger partial charge in [0.2, 0.25) is 5.91 Å². The number of nitrogens with zero attached hydrogens (tertiary/aromatic N) is 1. The fourth-order valence-electron chi connectivity index (χ4n) is 3.31. The summed E-state index contributed by atoms with van der Waals surface area (Å²) in [5, 5.41) is 3.62. The van der Waals surface area contributed by atoms with Gasteiger partial charge in [0.05, 0.1) is 0 Å². The summed E-state index contributed by atoms with van der Waals surface area (Å²) in [6, 6.07) is 9.03. The molecular weight excluding hydrogens is 309 g/mol. The van der Waals surface area contributed by atoms with Crippen LogP contribution in [0.3, 0.4) is 0 Å². The third-order valence-corrected chi connectivity index (χ3v) is 4.29. The van der Waals surface area contributed by atoms with Crippen molar-refractivity contribution in [2.45, 2.75) is 37.9 Å². The van der Waals surface area contributed by atoms with Crippen molar-refractivity contribution in [3.8, 4) is 0 Å². The number of hydrogen-bond acceptors (Lipinski definition) is 3. The number of rotatable bonds is 3. The highest BCUT2D eigenvalue weighted by Gasteiger charge is 2.34. The van der Waals surface area contributed by atoms with Crippen molar-refractivity contribution in [2.75, 3.05) is 13.1 Å². The van der Waals surface area contributed by atoms with Gasteiger partial charge in [0, 0.05) is 37.6 Å². The van der Waals surface area contributed by atoms with Gasteiger partial charge in [0.15, 0.2) is 0 Å². The summed E-state index contributed by atoms with van der Waals surface area (Å²) in [6.45, 7) is 3.65. The molecule has 0 aromatic heterocycles. The Hall–Kier alpha value is -0.810. The van der Waals surface area contributed by atoms with Crippen molar-refractivity contribution < 1.29 is 4.79 Å². The molecule has 1 fully saturated rings. The molecule has 1 aliphatic carbocycles. The van der Waals surface area contributed by atoms with E-state index in [-0.39, 0.29) is 42.8 Å². The number of likely N-dealkylation sites (tertiary alicyclic amines) is 1. The second-order valence-electron chi connectivity index (χ2n) is 5.52. The summed E-state index contributed by atoms with van der Waals surface area (Å²) in [6.07, 6.45) is 1.54. The first kappa shape index (κ1) is 18.2. The number of carbonyl (C=O) groups excluding carboxylic acids is 1. The molecule has 0 radical (unpaired) electrons. The summed E-state index contributed by atoms with van der Waals surface area (Å²) >= 11 is 0. The van der Waals surface area contributed by atoms with E-state index in [1.807, 2.05) is 17.9 Å². The van der Waals surface area contributed by atoms with E-state index in [4.69, 9.17) is 5.73 Å². The monoisotopic (exact) mass is 331 g/mol. The number of carbonyl (C=O) groups is 1. The van der Waals surface area contributed by atoms with Gasteiger partial charge in [-0.2, -0.15) is 0 Å². The number of amides is 1. The summed E-state index contributed by atoms with van der Waals surface area (Å²) in [4.78, 5) is 13.7. The maximum Gasteiger partial charge on any atom is 0.224 e. The SMILES string of the molecule is CCN1CC(NC2CC(N)c3ccccc32)CC1=O.Cl.Cl. The first-order valence-electron chi connectivity index (χ1n) is 7.07. The third-order valence-electron chi connectivity index (χ3n) is 4.29. The summed E-state index contributed by atoms with van der Waals surface area (Å²) in [5.74, 6) is 0.260. The van der Waals surface area contributed by atoms with Crippen molar-refractivity contribution in [3.05, 3.63) is 35.4 Å². The van der Waals surface area contributed by atoms with Crippen LogP contribution in [0.1, 0.15) is 43.0 Å². The van der Waals surface area contributed by atoms with Gasteiger partial charge in [-0.3, -0.25) is 4.79 Å². The number of benzene rings is 1. The Morgan fingerprint density at radius 2 is 1.95 bits per heavy atom. The number of hydrogen-bond donors (Lipinski definition) is 2. The molecule has 118 valence electrons. The van der Waals surface area contributed by atoms with Gasteiger partial charge in [-0.05, 0) is 24.5 Å². The molecule has 1 heterocycles. The molecule has 4 nitrogen and oxygen atoms in total. The fraction of sp³-hybridized carbons (Fsp3) is 0.533. The Morgan fingerprint density at radius 3 is 2.57 bits per heavy atom. The van der Waals surface area contributed by atoms with Gasteiger partial charge in [-0.1, -0.05) is 24.3 Å². The predicted octanol–water partition coefficient (Wildman–Crippen LogP) is 2.19. The van der Waals surface area contributed by atoms with Crippen molar-refractivity contribution in [3.63, 3.8) is 0 Å². The minimum Gasteiger partial charge on any atom is -0.341 e. The van der Waals surface area contributed by atoms with Crippen LogP contribution in [0.25, 0.3) is 0 Å². The molecule has 0 saturated carbocycles. The number of nitrogens with one attached hydrogen (secondary N) is 1. The second kappa shape index (κ2) is 7.45. The zero-order valence-corrected chi connectivity index (χ0v) is 13.8. The Labute approximate surface area is 138 Å². The zero-order chi connectivity index (χ0) is 13.4. The summed E-state index contributed by atoms with van der Waals surface area (Å²) in [7, 11) is 0. The molecule has 1 saturated heterocycles. The van der Waals surface area contributed by atoms with Crippen molar-refractivity contribution in [1.82, 2.24) is 10.2 Å². The largest absolute Gasteiger partial charge is 0.341 e. The van der Waals surface area contributed by atoms with Crippen LogP contribution in [-0.4, -0.2) is 29.9 Å². The van der Waals surface area contributed by atoms with Crippen LogP contribution < -0.4 is 11.1 Å². The van der Waals surface area contributed by atoms with Crippen LogP contribution in [-0.2, 0) is 4.79 Å². The van der Waals surface area contributed by atoms with Gasteiger partial charge < -0.3 is 16.0 Å². The van der Waals surface area contributed by atoms with E-state index in [0.29, 0.717) is 12.5 Å². The summed E-state index contributed by atoms with van der Waals surface area (Å²) < 4.78 is 0. The smallest absolute Gasteiger partial charge is 0.224 e. The molecule has 6 heteroatoms. The summed E-state index contributed by atoms with van der Waals surface area (Å²) in [5.41, 5.74) is 8.72. The molecule has 3 rings (SSSR count). The molecule has 3 atom stereocenters. The van der Waals surface area contributed by atoms with Crippen LogP contribution in [0, 0.1) is 0 Å². The minimum atomic E-state index is 0. The van der Waals surface area contributed by atoms with E-state index < -0.39 is 0 Å². The zero-order valence-electron chi connectivity index (χ0n) is 12.1. The number of nitrogens with two attached hydrogens (primary N) is 1. The quantitative estimate of drug-likeness (QED) is 0.892.